The molecule has 277 valence electrons. The molecule has 0 spiro atoms. The van der Waals surface area contributed by atoms with Gasteiger partial charge < -0.3 is 0 Å². The van der Waals surface area contributed by atoms with Crippen molar-refractivity contribution in [3.8, 4) is 22.3 Å². The van der Waals surface area contributed by atoms with Crippen LogP contribution in [0.2, 0.25) is 13.1 Å². The molecule has 0 saturated heterocycles. The minimum atomic E-state index is -4.88. The van der Waals surface area contributed by atoms with Crippen molar-refractivity contribution < 1.29 is 15.6 Å². The Kier molecular flexibility index (Phi) is 10.6. The Morgan fingerprint density at radius 1 is 0.623 bits per heavy atom. The predicted molar refractivity (Wildman–Crippen MR) is 232 cm³/mol. The maximum atomic E-state index is 8.85. The van der Waals surface area contributed by atoms with Gasteiger partial charge in [-0.3, -0.25) is 0 Å². The third-order valence-corrected chi connectivity index (χ3v) is 66.2. The normalized spacial score (nSPS) is 24.1. The molecule has 4 aliphatic rings. The molecule has 2 saturated carbocycles. The molecule has 2 atom stereocenters. The van der Waals surface area contributed by atoms with Crippen molar-refractivity contribution in [2.24, 2.45) is 11.8 Å². The molecule has 0 aliphatic heterocycles. The summed E-state index contributed by atoms with van der Waals surface area (Å²) in [5.74, 6) is 0.915. The monoisotopic (exact) mass is 835 g/mol. The van der Waals surface area contributed by atoms with E-state index < -0.39 is 21.5 Å². The summed E-state index contributed by atoms with van der Waals surface area (Å²) in [5.41, 5.74) is 16.6. The molecule has 2 fully saturated rings. The SMILES string of the molecule is CC1=Cc2c(-c3ccc(C4CCCCC4)cc3)cccc2[CH]1[Zr]([Cl])([Cl])([CH]1C(C2CCC(C)CC2)=Cc2c(-c3ccc(C(C)C)cc3)cccc21)[SiH](C)C. The fourth-order valence-electron chi connectivity index (χ4n) is 11.0. The molecule has 0 bridgehead atoms. The van der Waals surface area contributed by atoms with Crippen molar-refractivity contribution in [1.29, 1.82) is 0 Å². The Morgan fingerprint density at radius 2 is 1.17 bits per heavy atom. The van der Waals surface area contributed by atoms with Crippen molar-refractivity contribution in [1.82, 2.24) is 0 Å². The number of halogens is 2. The van der Waals surface area contributed by atoms with E-state index in [-0.39, 0.29) is 7.25 Å². The first kappa shape index (κ1) is 37.9. The fraction of sp³-hybridized carbons (Fsp3) is 0.429. The zero-order valence-electron chi connectivity index (χ0n) is 32.9. The maximum absolute atomic E-state index is 8.85. The molecular weight excluding hydrogens is 779 g/mol. The fourth-order valence-corrected chi connectivity index (χ4v) is 43.0. The van der Waals surface area contributed by atoms with Crippen molar-refractivity contribution in [2.75, 3.05) is 0 Å². The number of rotatable bonds is 8. The molecule has 0 nitrogen and oxygen atoms in total. The molecule has 0 N–H and O–H groups in total. The molecule has 4 aromatic carbocycles. The molecule has 8 rings (SSSR count). The second kappa shape index (κ2) is 14.8. The van der Waals surface area contributed by atoms with E-state index >= 15 is 0 Å². The van der Waals surface area contributed by atoms with E-state index in [9.17, 15) is 0 Å². The van der Waals surface area contributed by atoms with Crippen molar-refractivity contribution >= 4 is 35.1 Å². The number of hydrogen-bond acceptors (Lipinski definition) is 0. The van der Waals surface area contributed by atoms with Crippen LogP contribution in [0.15, 0.2) is 96.1 Å². The Bertz CT molecular complexity index is 2040. The third kappa shape index (κ3) is 6.62. The van der Waals surface area contributed by atoms with Gasteiger partial charge >= 0.3 is 332 Å². The quantitative estimate of drug-likeness (QED) is 0.155. The Balaban J connectivity index is 1.25. The van der Waals surface area contributed by atoms with Gasteiger partial charge in [-0.15, -0.1) is 0 Å². The standard InChI is InChI=1S/C25H29.C22H23.C2H7Si.2ClH.Zr/c1-17(2)19-11-13-21(14-12-19)24-6-4-5-22-15-23(16-25(22)24)20-9-7-18(3)8-10-20;1-16-14-20-8-5-9-21(22(20)15-16)19-12-10-18(11-13-19)17-6-3-2-4-7-17;1-3-2;;;/h4-6,11-18,20H,7-10H2,1-3H3;5,8-15,17H,2-4,6-7H2,1H3;3H,1-2H3;2*1H;/q;;;;;+2/p-2. The van der Waals surface area contributed by atoms with E-state index in [1.807, 2.05) is 0 Å². The van der Waals surface area contributed by atoms with Gasteiger partial charge in [0.15, 0.2) is 0 Å². The van der Waals surface area contributed by atoms with Crippen LogP contribution in [0.4, 0.5) is 0 Å². The van der Waals surface area contributed by atoms with Crippen LogP contribution in [-0.2, 0) is 15.6 Å². The summed E-state index contributed by atoms with van der Waals surface area (Å²) in [5, 5.41) is 0. The Morgan fingerprint density at radius 3 is 1.74 bits per heavy atom. The summed E-state index contributed by atoms with van der Waals surface area (Å²) in [4.78, 5) is 0. The molecule has 4 aromatic rings. The third-order valence-electron chi connectivity index (χ3n) is 14.3. The van der Waals surface area contributed by atoms with Crippen LogP contribution in [0.3, 0.4) is 0 Å². The first-order valence-corrected chi connectivity index (χ1v) is 37.2. The molecule has 53 heavy (non-hydrogen) atoms. The van der Waals surface area contributed by atoms with E-state index in [1.54, 1.807) is 5.57 Å². The first-order chi connectivity index (χ1) is 25.4. The summed E-state index contributed by atoms with van der Waals surface area (Å²) < 4.78 is 0.242. The Labute approximate surface area is 329 Å². The van der Waals surface area contributed by atoms with Crippen molar-refractivity contribution in [3.63, 3.8) is 0 Å². The van der Waals surface area contributed by atoms with Gasteiger partial charge in [-0.25, -0.2) is 0 Å². The minimum absolute atomic E-state index is 0.110. The second-order valence-electron chi connectivity index (χ2n) is 18.1. The van der Waals surface area contributed by atoms with Gasteiger partial charge in [0, 0.05) is 0 Å². The van der Waals surface area contributed by atoms with Crippen LogP contribution < -0.4 is 0 Å². The molecule has 2 unspecified atom stereocenters. The van der Waals surface area contributed by atoms with Gasteiger partial charge in [0.1, 0.15) is 0 Å². The van der Waals surface area contributed by atoms with Gasteiger partial charge in [-0.05, 0) is 0 Å². The van der Waals surface area contributed by atoms with Crippen LogP contribution >= 0.6 is 17.0 Å². The molecule has 0 radical (unpaired) electrons. The van der Waals surface area contributed by atoms with Crippen LogP contribution in [0.25, 0.3) is 34.4 Å². The molecular formula is C49H59Cl2SiZr. The summed E-state index contributed by atoms with van der Waals surface area (Å²) in [6, 6.07) is 32.9. The molecule has 4 heteroatoms. The van der Waals surface area contributed by atoms with E-state index in [1.165, 1.54) is 119 Å². The number of hydrogen-bond donors (Lipinski definition) is 0. The van der Waals surface area contributed by atoms with Gasteiger partial charge in [-0.2, -0.15) is 0 Å². The van der Waals surface area contributed by atoms with Gasteiger partial charge in [0.05, 0.1) is 0 Å². The van der Waals surface area contributed by atoms with Gasteiger partial charge in [0.2, 0.25) is 0 Å². The molecule has 0 amide bonds. The van der Waals surface area contributed by atoms with E-state index in [0.717, 1.165) is 5.92 Å². The van der Waals surface area contributed by atoms with Crippen LogP contribution in [0, 0.1) is 11.8 Å². The summed E-state index contributed by atoms with van der Waals surface area (Å²) in [6.07, 6.45) is 16.9. The van der Waals surface area contributed by atoms with Crippen LogP contribution in [0.1, 0.15) is 138 Å². The zero-order valence-corrected chi connectivity index (χ0v) is 38.0. The number of fused-ring (bicyclic) bond motifs is 2. The average Bonchev–Trinajstić information content (AvgIpc) is 3.74. The number of allylic oxidation sites excluding steroid dienone is 2. The summed E-state index contributed by atoms with van der Waals surface area (Å²) in [6.45, 7) is 14.3. The Hall–Kier alpha value is -1.96. The predicted octanol–water partition coefficient (Wildman–Crippen LogP) is 15.6. The van der Waals surface area contributed by atoms with E-state index in [0.29, 0.717) is 17.8 Å². The van der Waals surface area contributed by atoms with Crippen LogP contribution in [0.5, 0.6) is 0 Å². The molecule has 4 aliphatic carbocycles. The van der Waals surface area contributed by atoms with Crippen LogP contribution in [-0.4, -0.2) is 5.92 Å². The second-order valence-corrected chi connectivity index (χ2v) is 60.6. The first-order valence-electron chi connectivity index (χ1n) is 20.9. The molecule has 0 aromatic heterocycles. The topological polar surface area (TPSA) is 0 Å². The summed E-state index contributed by atoms with van der Waals surface area (Å²) >= 11 is -4.88. The van der Waals surface area contributed by atoms with Crippen molar-refractivity contribution in [2.45, 2.75) is 118 Å². The molecule has 0 heterocycles. The number of benzene rings is 4. The van der Waals surface area contributed by atoms with Gasteiger partial charge in [-0.1, -0.05) is 0 Å². The van der Waals surface area contributed by atoms with Crippen molar-refractivity contribution in [3.05, 3.63) is 129 Å². The van der Waals surface area contributed by atoms with E-state index in [4.69, 9.17) is 17.0 Å². The van der Waals surface area contributed by atoms with E-state index in [2.05, 4.69) is 138 Å². The summed E-state index contributed by atoms with van der Waals surface area (Å²) in [7, 11) is 17.7. The average molecular weight is 838 g/mol. The van der Waals surface area contributed by atoms with Gasteiger partial charge in [0.25, 0.3) is 0 Å². The zero-order chi connectivity index (χ0) is 37.1.